The normalized spacial score (nSPS) is 17.9. The zero-order chi connectivity index (χ0) is 14.3. The van der Waals surface area contributed by atoms with E-state index in [1.165, 1.54) is 6.26 Å². The zero-order valence-corrected chi connectivity index (χ0v) is 12.5. The van der Waals surface area contributed by atoms with Gasteiger partial charge in [0, 0.05) is 18.2 Å². The molecule has 1 saturated carbocycles. The standard InChI is InChI=1S/C14H21NO3S/c1-10-7-13(19(3,16)17)11(8-12(10)18-2)14(9-15)5-4-6-14/h7-8H,4-6,9,15H2,1-3H3. The van der Waals surface area contributed by atoms with Crippen LogP contribution in [0, 0.1) is 6.92 Å². The van der Waals surface area contributed by atoms with Crippen molar-refractivity contribution in [3.8, 4) is 5.75 Å². The van der Waals surface area contributed by atoms with Gasteiger partial charge in [-0.25, -0.2) is 8.42 Å². The fourth-order valence-electron chi connectivity index (χ4n) is 2.79. The van der Waals surface area contributed by atoms with Crippen molar-refractivity contribution in [2.75, 3.05) is 19.9 Å². The molecule has 1 fully saturated rings. The average molecular weight is 283 g/mol. The summed E-state index contributed by atoms with van der Waals surface area (Å²) >= 11 is 0. The van der Waals surface area contributed by atoms with Gasteiger partial charge in [0.15, 0.2) is 9.84 Å². The van der Waals surface area contributed by atoms with Crippen LogP contribution in [0.4, 0.5) is 0 Å². The highest BCUT2D eigenvalue weighted by Crippen LogP contribution is 2.46. The van der Waals surface area contributed by atoms with E-state index in [0.29, 0.717) is 11.4 Å². The highest BCUT2D eigenvalue weighted by molar-refractivity contribution is 7.90. The van der Waals surface area contributed by atoms with Crippen LogP contribution >= 0.6 is 0 Å². The molecule has 0 spiro atoms. The van der Waals surface area contributed by atoms with Crippen LogP contribution in [0.15, 0.2) is 17.0 Å². The van der Waals surface area contributed by atoms with Gasteiger partial charge in [0.05, 0.1) is 12.0 Å². The molecule has 106 valence electrons. The van der Waals surface area contributed by atoms with Gasteiger partial charge in [0.1, 0.15) is 5.75 Å². The van der Waals surface area contributed by atoms with Crippen molar-refractivity contribution in [1.29, 1.82) is 0 Å². The first-order valence-corrected chi connectivity index (χ1v) is 8.32. The molecule has 1 aliphatic rings. The first kappa shape index (κ1) is 14.3. The number of benzene rings is 1. The first-order valence-electron chi connectivity index (χ1n) is 6.43. The molecule has 0 heterocycles. The number of sulfone groups is 1. The quantitative estimate of drug-likeness (QED) is 0.914. The Morgan fingerprint density at radius 3 is 2.37 bits per heavy atom. The number of hydrogen-bond acceptors (Lipinski definition) is 4. The first-order chi connectivity index (χ1) is 8.84. The second kappa shape index (κ2) is 4.80. The maximum atomic E-state index is 12.0. The molecule has 0 amide bonds. The van der Waals surface area contributed by atoms with Crippen molar-refractivity contribution < 1.29 is 13.2 Å². The third kappa shape index (κ3) is 2.37. The second-order valence-corrected chi connectivity index (χ2v) is 7.41. The van der Waals surface area contributed by atoms with Gasteiger partial charge < -0.3 is 10.5 Å². The maximum absolute atomic E-state index is 12.0. The minimum atomic E-state index is -3.26. The molecule has 5 heteroatoms. The van der Waals surface area contributed by atoms with E-state index in [9.17, 15) is 8.42 Å². The van der Waals surface area contributed by atoms with Gasteiger partial charge in [-0.1, -0.05) is 6.42 Å². The van der Waals surface area contributed by atoms with Gasteiger partial charge in [-0.3, -0.25) is 0 Å². The highest BCUT2D eigenvalue weighted by atomic mass is 32.2. The molecular formula is C14H21NO3S. The van der Waals surface area contributed by atoms with E-state index in [-0.39, 0.29) is 5.41 Å². The zero-order valence-electron chi connectivity index (χ0n) is 11.7. The minimum absolute atomic E-state index is 0.195. The Bertz CT molecular complexity index is 583. The van der Waals surface area contributed by atoms with Crippen molar-refractivity contribution in [3.05, 3.63) is 23.3 Å². The van der Waals surface area contributed by atoms with Crippen LogP contribution in [-0.2, 0) is 15.3 Å². The Balaban J connectivity index is 2.69. The summed E-state index contributed by atoms with van der Waals surface area (Å²) in [5.41, 5.74) is 7.37. The fourth-order valence-corrected chi connectivity index (χ4v) is 3.86. The van der Waals surface area contributed by atoms with Gasteiger partial charge in [-0.15, -0.1) is 0 Å². The summed E-state index contributed by atoms with van der Waals surface area (Å²) < 4.78 is 29.4. The minimum Gasteiger partial charge on any atom is -0.496 e. The SMILES string of the molecule is COc1cc(C2(CN)CCC2)c(S(C)(=O)=O)cc1C. The molecule has 0 aromatic heterocycles. The van der Waals surface area contributed by atoms with E-state index in [4.69, 9.17) is 10.5 Å². The van der Waals surface area contributed by atoms with Gasteiger partial charge in [0.2, 0.25) is 0 Å². The van der Waals surface area contributed by atoms with E-state index in [1.807, 2.05) is 13.0 Å². The molecule has 1 aliphatic carbocycles. The molecule has 2 N–H and O–H groups in total. The monoisotopic (exact) mass is 283 g/mol. The molecule has 4 nitrogen and oxygen atoms in total. The molecule has 0 atom stereocenters. The van der Waals surface area contributed by atoms with E-state index in [1.54, 1.807) is 13.2 Å². The van der Waals surface area contributed by atoms with Crippen molar-refractivity contribution >= 4 is 9.84 Å². The summed E-state index contributed by atoms with van der Waals surface area (Å²) in [5.74, 6) is 0.724. The van der Waals surface area contributed by atoms with Gasteiger partial charge in [0.25, 0.3) is 0 Å². The predicted molar refractivity (Wildman–Crippen MR) is 75.4 cm³/mol. The van der Waals surface area contributed by atoms with Crippen LogP contribution in [0.25, 0.3) is 0 Å². The summed E-state index contributed by atoms with van der Waals surface area (Å²) in [6.07, 6.45) is 4.23. The summed E-state index contributed by atoms with van der Waals surface area (Å²) in [7, 11) is -1.66. The van der Waals surface area contributed by atoms with Crippen LogP contribution < -0.4 is 10.5 Å². The third-order valence-electron chi connectivity index (χ3n) is 4.17. The number of rotatable bonds is 4. The molecule has 19 heavy (non-hydrogen) atoms. The maximum Gasteiger partial charge on any atom is 0.175 e. The van der Waals surface area contributed by atoms with Crippen molar-refractivity contribution in [2.45, 2.75) is 36.5 Å². The lowest BCUT2D eigenvalue weighted by atomic mass is 9.64. The molecule has 0 unspecified atom stereocenters. The van der Waals surface area contributed by atoms with Crippen LogP contribution in [0.1, 0.15) is 30.4 Å². The lowest BCUT2D eigenvalue weighted by Crippen LogP contribution is -2.42. The summed E-state index contributed by atoms with van der Waals surface area (Å²) in [4.78, 5) is 0.399. The highest BCUT2D eigenvalue weighted by Gasteiger charge is 2.40. The van der Waals surface area contributed by atoms with Crippen molar-refractivity contribution in [2.24, 2.45) is 5.73 Å². The molecule has 1 aromatic rings. The molecule has 1 aromatic carbocycles. The van der Waals surface area contributed by atoms with Gasteiger partial charge in [-0.2, -0.15) is 0 Å². The van der Waals surface area contributed by atoms with E-state index < -0.39 is 9.84 Å². The average Bonchev–Trinajstić information content (AvgIpc) is 2.28. The molecule has 0 aliphatic heterocycles. The topological polar surface area (TPSA) is 69.4 Å². The Kier molecular flexibility index (Phi) is 3.62. The number of hydrogen-bond donors (Lipinski definition) is 1. The van der Waals surface area contributed by atoms with E-state index in [0.717, 1.165) is 36.1 Å². The van der Waals surface area contributed by atoms with Gasteiger partial charge in [-0.05, 0) is 43.0 Å². The second-order valence-electron chi connectivity index (χ2n) is 5.43. The largest absolute Gasteiger partial charge is 0.496 e. The summed E-state index contributed by atoms with van der Waals surface area (Å²) in [6, 6.07) is 3.57. The summed E-state index contributed by atoms with van der Waals surface area (Å²) in [6.45, 7) is 2.33. The third-order valence-corrected chi connectivity index (χ3v) is 5.31. The lowest BCUT2D eigenvalue weighted by molar-refractivity contribution is 0.247. The van der Waals surface area contributed by atoms with E-state index in [2.05, 4.69) is 0 Å². The van der Waals surface area contributed by atoms with Crippen LogP contribution in [0.5, 0.6) is 5.75 Å². The van der Waals surface area contributed by atoms with Crippen LogP contribution in [-0.4, -0.2) is 28.3 Å². The van der Waals surface area contributed by atoms with Crippen molar-refractivity contribution in [3.63, 3.8) is 0 Å². The molecule has 0 bridgehead atoms. The molecular weight excluding hydrogens is 262 g/mol. The predicted octanol–water partition coefficient (Wildman–Crippen LogP) is 1.79. The number of methoxy groups -OCH3 is 1. The van der Waals surface area contributed by atoms with Crippen LogP contribution in [0.3, 0.4) is 0 Å². The van der Waals surface area contributed by atoms with E-state index >= 15 is 0 Å². The van der Waals surface area contributed by atoms with Gasteiger partial charge >= 0.3 is 0 Å². The smallest absolute Gasteiger partial charge is 0.175 e. The number of ether oxygens (including phenoxy) is 1. The summed E-state index contributed by atoms with van der Waals surface area (Å²) in [5, 5.41) is 0. The molecule has 0 saturated heterocycles. The fraction of sp³-hybridized carbons (Fsp3) is 0.571. The number of aryl methyl sites for hydroxylation is 1. The molecule has 2 rings (SSSR count). The lowest BCUT2D eigenvalue weighted by Gasteiger charge is -2.42. The van der Waals surface area contributed by atoms with Crippen molar-refractivity contribution in [1.82, 2.24) is 0 Å². The Labute approximate surface area is 114 Å². The Morgan fingerprint density at radius 2 is 2.00 bits per heavy atom. The van der Waals surface area contributed by atoms with Crippen LogP contribution in [0.2, 0.25) is 0 Å². The Hall–Kier alpha value is -1.07. The molecule has 0 radical (unpaired) electrons. The Morgan fingerprint density at radius 1 is 1.37 bits per heavy atom. The number of nitrogens with two attached hydrogens (primary N) is 1.